The van der Waals surface area contributed by atoms with E-state index < -0.39 is 0 Å². The molecule has 0 radical (unpaired) electrons. The van der Waals surface area contributed by atoms with E-state index in [4.69, 9.17) is 17.7 Å². The van der Waals surface area contributed by atoms with Crippen LogP contribution in [0.5, 0.6) is 0 Å². The zero-order valence-electron chi connectivity index (χ0n) is 55.6. The van der Waals surface area contributed by atoms with Gasteiger partial charge in [0.2, 0.25) is 0 Å². The lowest BCUT2D eigenvalue weighted by molar-refractivity contribution is 0.593. The zero-order chi connectivity index (χ0) is 58.6. The van der Waals surface area contributed by atoms with E-state index in [0.29, 0.717) is 0 Å². The third-order valence-electron chi connectivity index (χ3n) is 20.5. The number of benzene rings is 4. The molecule has 0 bridgehead atoms. The lowest BCUT2D eigenvalue weighted by Crippen LogP contribution is -1.99. The largest absolute Gasteiger partial charge is 0.455 e. The SMILES string of the molecule is CCCCCCCc1c(CCCCCCC)c2oc3c(CCCCCCC)c(CCCCCCC)c4oc5c(CCCCCCC)c(CCCCCCC)c6oc7c(CCCCCCC)c(CCCCCCC)c8oc1c1c8c7c6c5c4c3c21. The fourth-order valence-corrected chi connectivity index (χ4v) is 15.8. The first-order valence-electron chi connectivity index (χ1n) is 37.1. The average molecular weight is 1150 g/mol. The summed E-state index contributed by atoms with van der Waals surface area (Å²) in [5.41, 5.74) is 21.1. The van der Waals surface area contributed by atoms with E-state index in [2.05, 4.69) is 55.4 Å². The quantitative estimate of drug-likeness (QED) is 0.0357. The summed E-state index contributed by atoms with van der Waals surface area (Å²) < 4.78 is 32.5. The normalized spacial score (nSPS) is 12.7. The maximum absolute atomic E-state index is 8.13. The second kappa shape index (κ2) is 33.4. The molecule has 4 heterocycles. The minimum Gasteiger partial charge on any atom is -0.455 e. The van der Waals surface area contributed by atoms with Gasteiger partial charge in [0.05, 0.1) is 0 Å². The molecule has 0 aliphatic rings. The summed E-state index contributed by atoms with van der Waals surface area (Å²) in [6.07, 6.45) is 58.8. The summed E-state index contributed by atoms with van der Waals surface area (Å²) in [6.45, 7) is 18.8. The van der Waals surface area contributed by atoms with Gasteiger partial charge >= 0.3 is 0 Å². The Labute approximate surface area is 510 Å². The van der Waals surface area contributed by atoms with Crippen molar-refractivity contribution in [2.24, 2.45) is 0 Å². The molecule has 9 aromatic rings. The van der Waals surface area contributed by atoms with Crippen molar-refractivity contribution in [1.82, 2.24) is 0 Å². The molecule has 4 heteroatoms. The average Bonchev–Trinajstić information content (AvgIpc) is 1.51. The van der Waals surface area contributed by atoms with Gasteiger partial charge in [-0.05, 0) is 103 Å². The van der Waals surface area contributed by atoms with Crippen LogP contribution in [0.25, 0.3) is 87.8 Å². The van der Waals surface area contributed by atoms with Crippen LogP contribution >= 0.6 is 0 Å². The van der Waals surface area contributed by atoms with Gasteiger partial charge in [-0.15, -0.1) is 0 Å². The van der Waals surface area contributed by atoms with Gasteiger partial charge in [-0.3, -0.25) is 0 Å². The summed E-state index contributed by atoms with van der Waals surface area (Å²) in [6, 6.07) is 0. The molecule has 0 aliphatic heterocycles. The Kier molecular flexibility index (Phi) is 25.7. The van der Waals surface area contributed by atoms with Crippen LogP contribution in [0.4, 0.5) is 0 Å². The number of furan rings is 4. The molecule has 84 heavy (non-hydrogen) atoms. The lowest BCUT2D eigenvalue weighted by Gasteiger charge is -2.14. The topological polar surface area (TPSA) is 52.6 Å². The molecule has 0 saturated heterocycles. The molecule has 0 fully saturated rings. The zero-order valence-corrected chi connectivity index (χ0v) is 55.6. The summed E-state index contributed by atoms with van der Waals surface area (Å²) in [5.74, 6) is 0. The van der Waals surface area contributed by atoms with Gasteiger partial charge in [-0.1, -0.05) is 261 Å². The third kappa shape index (κ3) is 14.3. The standard InChI is InChI=1S/C80H120O4/c1-9-17-25-33-41-49-57-58(50-42-34-26-18-10-2)74-66-65-67-69-71-72-70-68(66)76(82-74)61(53-45-37-29-21-13-5)62(54-46-38-30-22-14-6)78(70)84-80(72)64(56-48-40-32-24-16-8)63(55-47-39-31-23-15-7)79(71)83-77(69)60(52-44-36-28-20-12-4)59(75(67)81-73(57)65)51-43-35-27-19-11-3/h9-56H2,1-8H3. The number of hydrogen-bond acceptors (Lipinski definition) is 4. The Balaban J connectivity index is 1.48. The maximum Gasteiger partial charge on any atom is 0.139 e. The highest BCUT2D eigenvalue weighted by atomic mass is 16.4. The van der Waals surface area contributed by atoms with Gasteiger partial charge in [0, 0.05) is 87.6 Å². The highest BCUT2D eigenvalue weighted by molar-refractivity contribution is 6.45. The molecule has 464 valence electrons. The lowest BCUT2D eigenvalue weighted by atomic mass is 9.84. The molecule has 4 nitrogen and oxygen atoms in total. The van der Waals surface area contributed by atoms with Gasteiger partial charge in [0.15, 0.2) is 0 Å². The van der Waals surface area contributed by atoms with E-state index in [1.807, 2.05) is 0 Å². The monoisotopic (exact) mass is 1140 g/mol. The Hall–Kier alpha value is -3.92. The second-order valence-electron chi connectivity index (χ2n) is 27.2. The first-order valence-corrected chi connectivity index (χ1v) is 37.1. The Morgan fingerprint density at radius 2 is 0.250 bits per heavy atom. The van der Waals surface area contributed by atoms with Crippen molar-refractivity contribution < 1.29 is 17.7 Å². The number of aryl methyl sites for hydroxylation is 8. The van der Waals surface area contributed by atoms with Crippen LogP contribution in [0.15, 0.2) is 17.7 Å². The van der Waals surface area contributed by atoms with Gasteiger partial charge < -0.3 is 17.7 Å². The van der Waals surface area contributed by atoms with Gasteiger partial charge in [-0.25, -0.2) is 0 Å². The second-order valence-corrected chi connectivity index (χ2v) is 27.2. The van der Waals surface area contributed by atoms with Crippen molar-refractivity contribution in [2.75, 3.05) is 0 Å². The van der Waals surface area contributed by atoms with Crippen LogP contribution in [-0.2, 0) is 51.4 Å². The molecular formula is C80H120O4. The molecule has 0 atom stereocenters. The van der Waals surface area contributed by atoms with Crippen molar-refractivity contribution in [1.29, 1.82) is 0 Å². The van der Waals surface area contributed by atoms with Crippen LogP contribution in [-0.4, -0.2) is 0 Å². The molecule has 0 N–H and O–H groups in total. The number of unbranched alkanes of at least 4 members (excludes halogenated alkanes) is 32. The first kappa shape index (κ1) is 64.6. The summed E-state index contributed by atoms with van der Waals surface area (Å²) in [7, 11) is 0. The molecule has 0 amide bonds. The van der Waals surface area contributed by atoms with E-state index >= 15 is 0 Å². The van der Waals surface area contributed by atoms with Crippen LogP contribution in [0, 0.1) is 0 Å². The van der Waals surface area contributed by atoms with E-state index in [1.54, 1.807) is 0 Å². The van der Waals surface area contributed by atoms with Crippen LogP contribution in [0.2, 0.25) is 0 Å². The van der Waals surface area contributed by atoms with E-state index in [0.717, 1.165) is 51.4 Å². The molecule has 4 aromatic heterocycles. The molecule has 0 saturated carbocycles. The summed E-state index contributed by atoms with van der Waals surface area (Å²) in [4.78, 5) is 0. The predicted molar refractivity (Wildman–Crippen MR) is 369 cm³/mol. The molecular weight excluding hydrogens is 1020 g/mol. The van der Waals surface area contributed by atoms with Crippen LogP contribution in [0.3, 0.4) is 0 Å². The number of hydrogen-bond donors (Lipinski definition) is 0. The van der Waals surface area contributed by atoms with E-state index in [9.17, 15) is 0 Å². The summed E-state index contributed by atoms with van der Waals surface area (Å²) >= 11 is 0. The van der Waals surface area contributed by atoms with E-state index in [1.165, 1.54) is 389 Å². The third-order valence-corrected chi connectivity index (χ3v) is 20.5. The molecule has 5 aromatic carbocycles. The Morgan fingerprint density at radius 3 is 0.357 bits per heavy atom. The highest BCUT2D eigenvalue weighted by Crippen LogP contribution is 2.58. The Bertz CT molecular complexity index is 2620. The molecule has 9 rings (SSSR count). The summed E-state index contributed by atoms with van der Waals surface area (Å²) in [5, 5.41) is 10.7. The molecule has 0 unspecified atom stereocenters. The van der Waals surface area contributed by atoms with Crippen LogP contribution < -0.4 is 0 Å². The fraction of sp³-hybridized carbons (Fsp3) is 0.700. The Morgan fingerprint density at radius 1 is 0.143 bits per heavy atom. The number of rotatable bonds is 48. The van der Waals surface area contributed by atoms with Crippen molar-refractivity contribution >= 4 is 87.8 Å². The van der Waals surface area contributed by atoms with Gasteiger partial charge in [-0.2, -0.15) is 0 Å². The van der Waals surface area contributed by atoms with Crippen LogP contribution in [0.1, 0.15) is 357 Å². The predicted octanol–water partition coefficient (Wildman–Crippen LogP) is 27.7. The molecule has 0 aliphatic carbocycles. The smallest absolute Gasteiger partial charge is 0.139 e. The van der Waals surface area contributed by atoms with Crippen molar-refractivity contribution in [3.8, 4) is 0 Å². The highest BCUT2D eigenvalue weighted by Gasteiger charge is 2.37. The minimum absolute atomic E-state index is 1.04. The van der Waals surface area contributed by atoms with Crippen molar-refractivity contribution in [3.63, 3.8) is 0 Å². The van der Waals surface area contributed by atoms with Crippen molar-refractivity contribution in [2.45, 2.75) is 364 Å². The fourth-order valence-electron chi connectivity index (χ4n) is 15.8. The van der Waals surface area contributed by atoms with Gasteiger partial charge in [0.1, 0.15) is 44.7 Å². The van der Waals surface area contributed by atoms with Crippen molar-refractivity contribution in [3.05, 3.63) is 44.5 Å². The van der Waals surface area contributed by atoms with E-state index in [-0.39, 0.29) is 0 Å². The molecule has 0 spiro atoms. The minimum atomic E-state index is 1.04. The first-order chi connectivity index (χ1) is 41.5. The van der Waals surface area contributed by atoms with Gasteiger partial charge in [0.25, 0.3) is 0 Å². The maximum atomic E-state index is 8.13.